The van der Waals surface area contributed by atoms with Gasteiger partial charge in [-0.1, -0.05) is 90.1 Å². The Hall–Kier alpha value is -2.58. The maximum absolute atomic E-state index is 11.8. The molecule has 31 heavy (non-hydrogen) atoms. The molecule has 0 radical (unpaired) electrons. The van der Waals surface area contributed by atoms with Gasteiger partial charge in [-0.15, -0.1) is 0 Å². The van der Waals surface area contributed by atoms with Gasteiger partial charge in [0.15, 0.2) is 0 Å². The van der Waals surface area contributed by atoms with E-state index < -0.39 is 5.60 Å². The van der Waals surface area contributed by atoms with Crippen LogP contribution in [0.4, 0.5) is 0 Å². The normalized spacial score (nSPS) is 13.3. The van der Waals surface area contributed by atoms with Crippen LogP contribution < -0.4 is 0 Å². The number of nitrogens with zero attached hydrogens (tertiary/aromatic N) is 1. The van der Waals surface area contributed by atoms with Crippen molar-refractivity contribution in [2.45, 2.75) is 60.0 Å². The lowest BCUT2D eigenvalue weighted by atomic mass is 9.71. The first-order valence-corrected chi connectivity index (χ1v) is 11.3. The van der Waals surface area contributed by atoms with Crippen molar-refractivity contribution in [2.75, 3.05) is 0 Å². The first-order chi connectivity index (χ1) is 14.5. The van der Waals surface area contributed by atoms with Gasteiger partial charge in [0, 0.05) is 16.5 Å². The lowest BCUT2D eigenvalue weighted by Gasteiger charge is -2.39. The molecule has 0 atom stereocenters. The summed E-state index contributed by atoms with van der Waals surface area (Å²) in [5.74, 6) is 0. The highest BCUT2D eigenvalue weighted by atomic mass is 16.3. The van der Waals surface area contributed by atoms with Crippen LogP contribution in [0.25, 0.3) is 27.5 Å². The Labute approximate surface area is 186 Å². The molecular weight excluding hydrogens is 378 g/mol. The number of fused-ring (bicyclic) bond motifs is 3. The number of hydrogen-bond acceptors (Lipinski definition) is 1. The van der Waals surface area contributed by atoms with Crippen molar-refractivity contribution in [3.63, 3.8) is 0 Å². The third kappa shape index (κ3) is 4.41. The van der Waals surface area contributed by atoms with Gasteiger partial charge in [0.2, 0.25) is 0 Å². The summed E-state index contributed by atoms with van der Waals surface area (Å²) in [5, 5.41) is 14.3. The summed E-state index contributed by atoms with van der Waals surface area (Å²) in [6.45, 7) is 13.2. The fourth-order valence-corrected chi connectivity index (χ4v) is 5.14. The lowest BCUT2D eigenvalue weighted by molar-refractivity contribution is -0.0360. The molecule has 1 N–H and O–H groups in total. The van der Waals surface area contributed by atoms with E-state index in [1.165, 1.54) is 21.8 Å². The Kier molecular flexibility index (Phi) is 5.26. The minimum atomic E-state index is -0.851. The smallest absolute Gasteiger partial charge is 0.0906 e. The second kappa shape index (κ2) is 7.53. The molecule has 0 unspecified atom stereocenters. The average molecular weight is 414 g/mol. The van der Waals surface area contributed by atoms with Crippen LogP contribution in [0.2, 0.25) is 0 Å². The molecule has 2 heteroatoms. The summed E-state index contributed by atoms with van der Waals surface area (Å²) < 4.78 is 2.32. The number of rotatable bonds is 4. The lowest BCUT2D eigenvalue weighted by Crippen LogP contribution is -2.35. The fourth-order valence-electron chi connectivity index (χ4n) is 5.14. The van der Waals surface area contributed by atoms with Gasteiger partial charge < -0.3 is 9.67 Å². The van der Waals surface area contributed by atoms with Crippen LogP contribution in [-0.2, 0) is 5.60 Å². The molecule has 0 saturated heterocycles. The predicted octanol–water partition coefficient (Wildman–Crippen LogP) is 7.84. The van der Waals surface area contributed by atoms with E-state index in [2.05, 4.69) is 119 Å². The molecule has 4 aromatic rings. The Morgan fingerprint density at radius 1 is 0.613 bits per heavy atom. The monoisotopic (exact) mass is 413 g/mol. The van der Waals surface area contributed by atoms with Crippen molar-refractivity contribution in [1.29, 1.82) is 0 Å². The van der Waals surface area contributed by atoms with E-state index in [4.69, 9.17) is 0 Å². The molecule has 2 nitrogen and oxygen atoms in total. The van der Waals surface area contributed by atoms with Gasteiger partial charge in [0.1, 0.15) is 0 Å². The van der Waals surface area contributed by atoms with Gasteiger partial charge in [-0.3, -0.25) is 0 Å². The van der Waals surface area contributed by atoms with E-state index in [0.717, 1.165) is 24.1 Å². The number of hydrogen-bond donors (Lipinski definition) is 1. The second-order valence-electron chi connectivity index (χ2n) is 11.4. The molecule has 0 aliphatic rings. The maximum Gasteiger partial charge on any atom is 0.0906 e. The van der Waals surface area contributed by atoms with Crippen LogP contribution in [0.5, 0.6) is 0 Å². The Morgan fingerprint density at radius 3 is 1.45 bits per heavy atom. The van der Waals surface area contributed by atoms with Crippen LogP contribution in [-0.4, -0.2) is 9.67 Å². The predicted molar refractivity (Wildman–Crippen MR) is 133 cm³/mol. The van der Waals surface area contributed by atoms with Crippen molar-refractivity contribution in [2.24, 2.45) is 10.8 Å². The van der Waals surface area contributed by atoms with Crippen LogP contribution >= 0.6 is 0 Å². The van der Waals surface area contributed by atoms with Crippen LogP contribution in [0.3, 0.4) is 0 Å². The zero-order chi connectivity index (χ0) is 22.4. The molecule has 162 valence electrons. The van der Waals surface area contributed by atoms with Crippen LogP contribution in [0.15, 0.2) is 72.8 Å². The number of para-hydroxylation sites is 2. The molecular formula is C29H35NO. The van der Waals surface area contributed by atoms with E-state index >= 15 is 0 Å². The molecule has 0 saturated carbocycles. The van der Waals surface area contributed by atoms with Gasteiger partial charge in [-0.25, -0.2) is 0 Å². The summed E-state index contributed by atoms with van der Waals surface area (Å²) in [6.07, 6.45) is 1.46. The van der Waals surface area contributed by atoms with E-state index in [9.17, 15) is 5.11 Å². The molecule has 3 aromatic carbocycles. The SMILES string of the molecule is CC(C)(C)CC(O)(CC(C)(C)C)c1ccc(-n2c3ccccc3c3ccccc32)cc1. The van der Waals surface area contributed by atoms with Crippen LogP contribution in [0.1, 0.15) is 59.9 Å². The minimum absolute atomic E-state index is 0.0332. The van der Waals surface area contributed by atoms with E-state index in [-0.39, 0.29) is 10.8 Å². The first kappa shape index (κ1) is 21.6. The number of benzene rings is 3. The summed E-state index contributed by atoms with van der Waals surface area (Å²) in [4.78, 5) is 0. The quantitative estimate of drug-likeness (QED) is 0.362. The van der Waals surface area contributed by atoms with E-state index in [1.54, 1.807) is 0 Å². The summed E-state index contributed by atoms with van der Waals surface area (Å²) in [7, 11) is 0. The Bertz CT molecular complexity index is 1130. The molecule has 0 amide bonds. The van der Waals surface area contributed by atoms with Crippen molar-refractivity contribution >= 4 is 21.8 Å². The number of aliphatic hydroxyl groups is 1. The molecule has 0 aliphatic heterocycles. The maximum atomic E-state index is 11.8. The van der Waals surface area contributed by atoms with Crippen molar-refractivity contribution in [3.05, 3.63) is 78.4 Å². The summed E-state index contributed by atoms with van der Waals surface area (Å²) in [5.41, 5.74) is 3.75. The standard InChI is InChI=1S/C29H35NO/c1-27(2,3)19-29(31,20-28(4,5)6)21-15-17-22(18-16-21)30-25-13-9-7-11-23(25)24-12-8-10-14-26(24)30/h7-18,31H,19-20H2,1-6H3. The van der Waals surface area contributed by atoms with E-state index in [0.29, 0.717) is 0 Å². The zero-order valence-electron chi connectivity index (χ0n) is 19.7. The zero-order valence-corrected chi connectivity index (χ0v) is 19.7. The topological polar surface area (TPSA) is 25.2 Å². The van der Waals surface area contributed by atoms with Crippen LogP contribution in [0, 0.1) is 10.8 Å². The van der Waals surface area contributed by atoms with Gasteiger partial charge in [-0.2, -0.15) is 0 Å². The fraction of sp³-hybridized carbons (Fsp3) is 0.379. The highest BCUT2D eigenvalue weighted by Gasteiger charge is 2.37. The molecule has 0 bridgehead atoms. The molecule has 1 aromatic heterocycles. The van der Waals surface area contributed by atoms with Crippen molar-refractivity contribution in [1.82, 2.24) is 4.57 Å². The van der Waals surface area contributed by atoms with E-state index in [1.807, 2.05) is 0 Å². The van der Waals surface area contributed by atoms with Gasteiger partial charge >= 0.3 is 0 Å². The van der Waals surface area contributed by atoms with Gasteiger partial charge in [0.05, 0.1) is 16.6 Å². The molecule has 0 aliphatic carbocycles. The molecule has 0 fully saturated rings. The number of aromatic nitrogens is 1. The molecule has 4 rings (SSSR count). The van der Waals surface area contributed by atoms with Gasteiger partial charge in [-0.05, 0) is 53.5 Å². The van der Waals surface area contributed by atoms with Crippen molar-refractivity contribution in [3.8, 4) is 5.69 Å². The Morgan fingerprint density at radius 2 is 1.03 bits per heavy atom. The molecule has 1 heterocycles. The van der Waals surface area contributed by atoms with Gasteiger partial charge in [0.25, 0.3) is 0 Å². The third-order valence-corrected chi connectivity index (χ3v) is 5.89. The Balaban J connectivity index is 1.82. The highest BCUT2D eigenvalue weighted by Crippen LogP contribution is 2.43. The second-order valence-corrected chi connectivity index (χ2v) is 11.4. The minimum Gasteiger partial charge on any atom is -0.385 e. The molecule has 0 spiro atoms. The van der Waals surface area contributed by atoms with Crippen molar-refractivity contribution < 1.29 is 5.11 Å². The summed E-state index contributed by atoms with van der Waals surface area (Å²) in [6, 6.07) is 25.7. The largest absolute Gasteiger partial charge is 0.385 e. The summed E-state index contributed by atoms with van der Waals surface area (Å²) >= 11 is 0. The average Bonchev–Trinajstić information content (AvgIpc) is 3.00. The third-order valence-electron chi connectivity index (χ3n) is 5.89. The highest BCUT2D eigenvalue weighted by molar-refractivity contribution is 6.09. The first-order valence-electron chi connectivity index (χ1n) is 11.3.